The van der Waals surface area contributed by atoms with Gasteiger partial charge in [0.05, 0.1) is 0 Å². The van der Waals surface area contributed by atoms with Crippen molar-refractivity contribution in [2.75, 3.05) is 0 Å². The van der Waals surface area contributed by atoms with Crippen LogP contribution in [0.2, 0.25) is 0 Å². The molecular formula is C14H16. The van der Waals surface area contributed by atoms with Gasteiger partial charge >= 0.3 is 0 Å². The SMILES string of the molecule is C/C=C/C1=CC2CC=CC=CC(=C1)C2. The first-order valence-corrected chi connectivity index (χ1v) is 5.27. The number of fused-ring (bicyclic) bond motifs is 2. The zero-order valence-corrected chi connectivity index (χ0v) is 8.61. The van der Waals surface area contributed by atoms with Gasteiger partial charge in [-0.05, 0) is 36.8 Å². The fraction of sp³-hybridized carbons (Fsp3) is 0.286. The van der Waals surface area contributed by atoms with Crippen LogP contribution in [-0.2, 0) is 0 Å². The van der Waals surface area contributed by atoms with Crippen LogP contribution in [0.3, 0.4) is 0 Å². The van der Waals surface area contributed by atoms with Crippen LogP contribution < -0.4 is 0 Å². The molecule has 0 saturated heterocycles. The first-order chi connectivity index (χ1) is 6.88. The molecule has 1 atom stereocenters. The third-order valence-corrected chi connectivity index (χ3v) is 2.63. The monoisotopic (exact) mass is 184 g/mol. The minimum atomic E-state index is 0.697. The van der Waals surface area contributed by atoms with Crippen molar-refractivity contribution in [2.45, 2.75) is 19.8 Å². The van der Waals surface area contributed by atoms with Crippen LogP contribution in [0.25, 0.3) is 0 Å². The van der Waals surface area contributed by atoms with E-state index in [0.29, 0.717) is 5.92 Å². The van der Waals surface area contributed by atoms with Crippen LogP contribution in [0, 0.1) is 5.92 Å². The van der Waals surface area contributed by atoms with Gasteiger partial charge in [-0.3, -0.25) is 0 Å². The summed E-state index contributed by atoms with van der Waals surface area (Å²) in [6.07, 6.45) is 20.1. The van der Waals surface area contributed by atoms with Crippen molar-refractivity contribution in [1.82, 2.24) is 0 Å². The molecule has 0 radical (unpaired) electrons. The van der Waals surface area contributed by atoms with Gasteiger partial charge in [0.1, 0.15) is 0 Å². The van der Waals surface area contributed by atoms with Gasteiger partial charge in [0, 0.05) is 0 Å². The summed E-state index contributed by atoms with van der Waals surface area (Å²) in [4.78, 5) is 0. The van der Waals surface area contributed by atoms with Gasteiger partial charge < -0.3 is 0 Å². The quantitative estimate of drug-likeness (QED) is 0.579. The summed E-state index contributed by atoms with van der Waals surface area (Å²) in [7, 11) is 0. The molecule has 0 saturated carbocycles. The smallest absolute Gasteiger partial charge is 0.0149 e. The lowest BCUT2D eigenvalue weighted by molar-refractivity contribution is 0.649. The second kappa shape index (κ2) is 4.28. The molecule has 0 aliphatic heterocycles. The summed E-state index contributed by atoms with van der Waals surface area (Å²) in [5, 5.41) is 0. The lowest BCUT2D eigenvalue weighted by Crippen LogP contribution is -2.03. The third-order valence-electron chi connectivity index (χ3n) is 2.63. The molecule has 0 nitrogen and oxygen atoms in total. The standard InChI is InChI=1S/C14H16/c1-2-6-12-9-13-7-4-3-5-8-14(10-12)11-13/h2-7,9-10,14H,8,11H2,1H3/b5-3?,6-2+,7-4?. The minimum absolute atomic E-state index is 0.697. The molecule has 2 rings (SSSR count). The maximum Gasteiger partial charge on any atom is -0.0149 e. The van der Waals surface area contributed by atoms with Crippen molar-refractivity contribution in [3.05, 3.63) is 59.8 Å². The largest absolute Gasteiger partial charge is 0.0871 e. The minimum Gasteiger partial charge on any atom is -0.0871 e. The van der Waals surface area contributed by atoms with E-state index in [2.05, 4.69) is 55.5 Å². The summed E-state index contributed by atoms with van der Waals surface area (Å²) >= 11 is 0. The number of hydrogen-bond donors (Lipinski definition) is 0. The maximum atomic E-state index is 2.38. The number of hydrogen-bond acceptors (Lipinski definition) is 0. The molecule has 0 fully saturated rings. The van der Waals surface area contributed by atoms with Crippen LogP contribution in [-0.4, -0.2) is 0 Å². The molecule has 0 heteroatoms. The molecule has 72 valence electrons. The van der Waals surface area contributed by atoms with E-state index in [1.807, 2.05) is 0 Å². The Bertz CT molecular complexity index is 348. The van der Waals surface area contributed by atoms with Crippen LogP contribution in [0.4, 0.5) is 0 Å². The van der Waals surface area contributed by atoms with E-state index in [0.717, 1.165) is 0 Å². The first-order valence-electron chi connectivity index (χ1n) is 5.27. The molecule has 2 bridgehead atoms. The Kier molecular flexibility index (Phi) is 2.83. The van der Waals surface area contributed by atoms with Crippen LogP contribution in [0.15, 0.2) is 59.8 Å². The van der Waals surface area contributed by atoms with Gasteiger partial charge in [0.15, 0.2) is 0 Å². The van der Waals surface area contributed by atoms with Gasteiger partial charge in [-0.15, -0.1) is 0 Å². The molecule has 0 aromatic heterocycles. The molecule has 2 aliphatic rings. The van der Waals surface area contributed by atoms with E-state index < -0.39 is 0 Å². The molecule has 1 unspecified atom stereocenters. The molecular weight excluding hydrogens is 168 g/mol. The van der Waals surface area contributed by atoms with E-state index in [4.69, 9.17) is 0 Å². The molecule has 14 heavy (non-hydrogen) atoms. The Morgan fingerprint density at radius 1 is 1.36 bits per heavy atom. The number of rotatable bonds is 1. The van der Waals surface area contributed by atoms with Crippen molar-refractivity contribution in [1.29, 1.82) is 0 Å². The fourth-order valence-corrected chi connectivity index (χ4v) is 2.03. The van der Waals surface area contributed by atoms with E-state index in [1.54, 1.807) is 0 Å². The van der Waals surface area contributed by atoms with Crippen LogP contribution in [0.1, 0.15) is 19.8 Å². The van der Waals surface area contributed by atoms with Gasteiger partial charge in [0.2, 0.25) is 0 Å². The molecule has 0 aromatic rings. The second-order valence-corrected chi connectivity index (χ2v) is 3.87. The van der Waals surface area contributed by atoms with Crippen molar-refractivity contribution < 1.29 is 0 Å². The Morgan fingerprint density at radius 3 is 3.14 bits per heavy atom. The van der Waals surface area contributed by atoms with Crippen molar-refractivity contribution in [2.24, 2.45) is 5.92 Å². The van der Waals surface area contributed by atoms with E-state index in [-0.39, 0.29) is 0 Å². The Hall–Kier alpha value is -1.30. The zero-order chi connectivity index (χ0) is 9.80. The first kappa shape index (κ1) is 9.26. The predicted octanol–water partition coefficient (Wildman–Crippen LogP) is 3.95. The van der Waals surface area contributed by atoms with Crippen LogP contribution in [0.5, 0.6) is 0 Å². The van der Waals surface area contributed by atoms with Gasteiger partial charge in [0.25, 0.3) is 0 Å². The molecule has 0 aromatic carbocycles. The fourth-order valence-electron chi connectivity index (χ4n) is 2.03. The summed E-state index contributed by atoms with van der Waals surface area (Å²) in [5.74, 6) is 0.697. The van der Waals surface area contributed by atoms with Crippen molar-refractivity contribution in [3.63, 3.8) is 0 Å². The highest BCUT2D eigenvalue weighted by atomic mass is 14.2. The predicted molar refractivity (Wildman–Crippen MR) is 62.0 cm³/mol. The second-order valence-electron chi connectivity index (χ2n) is 3.87. The average molecular weight is 184 g/mol. The van der Waals surface area contributed by atoms with Gasteiger partial charge in [-0.2, -0.15) is 0 Å². The Morgan fingerprint density at radius 2 is 2.29 bits per heavy atom. The van der Waals surface area contributed by atoms with Gasteiger partial charge in [-0.1, -0.05) is 48.6 Å². The summed E-state index contributed by atoms with van der Waals surface area (Å²) < 4.78 is 0. The molecule has 0 N–H and O–H groups in total. The lowest BCUT2D eigenvalue weighted by Gasteiger charge is -2.19. The van der Waals surface area contributed by atoms with Crippen molar-refractivity contribution >= 4 is 0 Å². The Balaban J connectivity index is 2.30. The third kappa shape index (κ3) is 2.14. The normalized spacial score (nSPS) is 25.6. The Labute approximate surface area is 86.0 Å². The van der Waals surface area contributed by atoms with Crippen LogP contribution >= 0.6 is 0 Å². The average Bonchev–Trinajstić information content (AvgIpc) is 2.15. The highest BCUT2D eigenvalue weighted by Crippen LogP contribution is 2.28. The van der Waals surface area contributed by atoms with E-state index in [1.165, 1.54) is 24.0 Å². The van der Waals surface area contributed by atoms with E-state index in [9.17, 15) is 0 Å². The summed E-state index contributed by atoms with van der Waals surface area (Å²) in [6.45, 7) is 2.07. The summed E-state index contributed by atoms with van der Waals surface area (Å²) in [5.41, 5.74) is 2.81. The maximum absolute atomic E-state index is 2.38. The molecule has 2 aliphatic carbocycles. The molecule has 0 spiro atoms. The molecule has 0 heterocycles. The number of allylic oxidation sites excluding steroid dienone is 10. The summed E-state index contributed by atoms with van der Waals surface area (Å²) in [6, 6.07) is 0. The highest BCUT2D eigenvalue weighted by Gasteiger charge is 2.12. The van der Waals surface area contributed by atoms with Gasteiger partial charge in [-0.25, -0.2) is 0 Å². The lowest BCUT2D eigenvalue weighted by atomic mass is 9.86. The highest BCUT2D eigenvalue weighted by molar-refractivity contribution is 5.42. The van der Waals surface area contributed by atoms with Crippen molar-refractivity contribution in [3.8, 4) is 0 Å². The zero-order valence-electron chi connectivity index (χ0n) is 8.61. The van der Waals surface area contributed by atoms with E-state index >= 15 is 0 Å². The topological polar surface area (TPSA) is 0 Å². The molecule has 0 amide bonds.